The van der Waals surface area contributed by atoms with E-state index in [0.29, 0.717) is 19.5 Å². The van der Waals surface area contributed by atoms with Crippen molar-refractivity contribution in [3.63, 3.8) is 0 Å². The number of unbranched alkanes of at least 4 members (excludes halogenated alkanes) is 4. The normalized spacial score (nSPS) is 11.1. The molecule has 0 aliphatic carbocycles. The lowest BCUT2D eigenvalue weighted by molar-refractivity contribution is -0.121. The van der Waals surface area contributed by atoms with Gasteiger partial charge in [0.1, 0.15) is 5.60 Å². The molecule has 0 aromatic rings. The Hall–Kier alpha value is -1.30. The van der Waals surface area contributed by atoms with Crippen LogP contribution in [-0.2, 0) is 9.53 Å². The third-order valence-corrected chi connectivity index (χ3v) is 2.91. The van der Waals surface area contributed by atoms with E-state index in [-0.39, 0.29) is 12.5 Å². The van der Waals surface area contributed by atoms with Crippen LogP contribution in [0.3, 0.4) is 0 Å². The zero-order valence-electron chi connectivity index (χ0n) is 14.2. The summed E-state index contributed by atoms with van der Waals surface area (Å²) in [5, 5.41) is 14.2. The lowest BCUT2D eigenvalue weighted by Crippen LogP contribution is -2.33. The lowest BCUT2D eigenvalue weighted by Gasteiger charge is -2.19. The molecule has 0 saturated carbocycles. The first kappa shape index (κ1) is 20.7. The Morgan fingerprint density at radius 1 is 0.909 bits per heavy atom. The van der Waals surface area contributed by atoms with Crippen molar-refractivity contribution in [1.29, 1.82) is 0 Å². The van der Waals surface area contributed by atoms with Gasteiger partial charge in [-0.3, -0.25) is 4.79 Å². The second-order valence-electron chi connectivity index (χ2n) is 6.37. The number of carbonyl (C=O) groups is 2. The number of nitrogens with one attached hydrogen (secondary N) is 2. The van der Waals surface area contributed by atoms with E-state index in [1.165, 1.54) is 0 Å². The minimum atomic E-state index is -0.473. The molecule has 0 aromatic carbocycles. The largest absolute Gasteiger partial charge is 0.444 e. The number of amides is 2. The quantitative estimate of drug-likeness (QED) is 0.511. The minimum absolute atomic E-state index is 0.0732. The molecule has 0 fully saturated rings. The first-order valence-corrected chi connectivity index (χ1v) is 8.19. The van der Waals surface area contributed by atoms with Crippen molar-refractivity contribution in [3.8, 4) is 0 Å². The molecular weight excluding hydrogens is 284 g/mol. The molecule has 0 atom stereocenters. The Labute approximate surface area is 134 Å². The highest BCUT2D eigenvalue weighted by atomic mass is 16.6. The van der Waals surface area contributed by atoms with Crippen molar-refractivity contribution in [2.24, 2.45) is 0 Å². The van der Waals surface area contributed by atoms with Crippen LogP contribution >= 0.6 is 0 Å². The average molecular weight is 316 g/mol. The summed E-state index contributed by atoms with van der Waals surface area (Å²) in [4.78, 5) is 22.9. The molecule has 0 aromatic heterocycles. The third-order valence-electron chi connectivity index (χ3n) is 2.91. The van der Waals surface area contributed by atoms with Gasteiger partial charge in [-0.15, -0.1) is 0 Å². The standard InChI is InChI=1S/C16H32N2O4/c1-16(2,3)22-15(21)18-12-7-4-6-10-14(20)17-11-8-5-9-13-19/h19H,4-13H2,1-3H3,(H,17,20)(H,18,21). The van der Waals surface area contributed by atoms with Gasteiger partial charge in [-0.05, 0) is 52.9 Å². The lowest BCUT2D eigenvalue weighted by atomic mass is 10.2. The van der Waals surface area contributed by atoms with Crippen LogP contribution in [-0.4, -0.2) is 42.4 Å². The highest BCUT2D eigenvalue weighted by molar-refractivity contribution is 5.75. The molecule has 0 aliphatic rings. The van der Waals surface area contributed by atoms with Gasteiger partial charge in [-0.1, -0.05) is 6.42 Å². The number of hydrogen-bond donors (Lipinski definition) is 3. The van der Waals surface area contributed by atoms with E-state index in [9.17, 15) is 9.59 Å². The number of aliphatic hydroxyl groups excluding tert-OH is 1. The molecule has 3 N–H and O–H groups in total. The van der Waals surface area contributed by atoms with E-state index in [1.54, 1.807) is 0 Å². The van der Waals surface area contributed by atoms with Crippen LogP contribution in [0.1, 0.15) is 65.7 Å². The van der Waals surface area contributed by atoms with Gasteiger partial charge in [0.05, 0.1) is 0 Å². The van der Waals surface area contributed by atoms with Crippen molar-refractivity contribution in [1.82, 2.24) is 10.6 Å². The molecule has 130 valence electrons. The molecule has 22 heavy (non-hydrogen) atoms. The maximum Gasteiger partial charge on any atom is 0.407 e. The van der Waals surface area contributed by atoms with Gasteiger partial charge in [-0.25, -0.2) is 4.79 Å². The van der Waals surface area contributed by atoms with Gasteiger partial charge in [0.2, 0.25) is 5.91 Å². The molecule has 0 radical (unpaired) electrons. The van der Waals surface area contributed by atoms with Crippen LogP contribution in [0, 0.1) is 0 Å². The third kappa shape index (κ3) is 15.1. The molecule has 2 amide bonds. The molecule has 0 spiro atoms. The van der Waals surface area contributed by atoms with E-state index in [0.717, 1.165) is 38.5 Å². The van der Waals surface area contributed by atoms with E-state index in [4.69, 9.17) is 9.84 Å². The summed E-state index contributed by atoms with van der Waals surface area (Å²) in [6.45, 7) is 6.95. The summed E-state index contributed by atoms with van der Waals surface area (Å²) in [5.74, 6) is 0.0732. The van der Waals surface area contributed by atoms with Crippen molar-refractivity contribution in [2.45, 2.75) is 71.3 Å². The fourth-order valence-electron chi connectivity index (χ4n) is 1.82. The average Bonchev–Trinajstić information content (AvgIpc) is 2.40. The molecule has 0 unspecified atom stereocenters. The zero-order valence-corrected chi connectivity index (χ0v) is 14.2. The van der Waals surface area contributed by atoms with Crippen LogP contribution in [0.5, 0.6) is 0 Å². The molecule has 0 aliphatic heterocycles. The summed E-state index contributed by atoms with van der Waals surface area (Å²) < 4.78 is 5.12. The van der Waals surface area contributed by atoms with Gasteiger partial charge in [0.25, 0.3) is 0 Å². The fraction of sp³-hybridized carbons (Fsp3) is 0.875. The Morgan fingerprint density at radius 2 is 1.50 bits per heavy atom. The zero-order chi connectivity index (χ0) is 16.8. The van der Waals surface area contributed by atoms with Gasteiger partial charge in [-0.2, -0.15) is 0 Å². The van der Waals surface area contributed by atoms with Crippen molar-refractivity contribution >= 4 is 12.0 Å². The Kier molecular flexibility index (Phi) is 11.5. The van der Waals surface area contributed by atoms with Crippen LogP contribution in [0.4, 0.5) is 4.79 Å². The van der Waals surface area contributed by atoms with Gasteiger partial charge in [0, 0.05) is 26.1 Å². The van der Waals surface area contributed by atoms with Gasteiger partial charge < -0.3 is 20.5 Å². The molecule has 6 nitrogen and oxygen atoms in total. The summed E-state index contributed by atoms with van der Waals surface area (Å²) in [6.07, 6.45) is 5.31. The predicted molar refractivity (Wildman–Crippen MR) is 86.7 cm³/mol. The Bertz CT molecular complexity index is 314. The maximum absolute atomic E-state index is 11.5. The second-order valence-corrected chi connectivity index (χ2v) is 6.37. The fourth-order valence-corrected chi connectivity index (χ4v) is 1.82. The number of rotatable bonds is 11. The van der Waals surface area contributed by atoms with E-state index >= 15 is 0 Å². The smallest absolute Gasteiger partial charge is 0.407 e. The van der Waals surface area contributed by atoms with Crippen LogP contribution in [0.2, 0.25) is 0 Å². The SMILES string of the molecule is CC(C)(C)OC(=O)NCCCCCC(=O)NCCCCCO. The summed E-state index contributed by atoms with van der Waals surface area (Å²) in [7, 11) is 0. The Morgan fingerprint density at radius 3 is 2.09 bits per heavy atom. The van der Waals surface area contributed by atoms with Crippen molar-refractivity contribution in [3.05, 3.63) is 0 Å². The van der Waals surface area contributed by atoms with Crippen LogP contribution in [0.15, 0.2) is 0 Å². The van der Waals surface area contributed by atoms with Crippen LogP contribution in [0.25, 0.3) is 0 Å². The van der Waals surface area contributed by atoms with Crippen molar-refractivity contribution < 1.29 is 19.4 Å². The number of aliphatic hydroxyl groups is 1. The summed E-state index contributed by atoms with van der Waals surface area (Å²) in [6, 6.07) is 0. The highest BCUT2D eigenvalue weighted by Crippen LogP contribution is 2.06. The maximum atomic E-state index is 11.5. The number of carbonyl (C=O) groups excluding carboxylic acids is 2. The molecule has 6 heteroatoms. The topological polar surface area (TPSA) is 87.7 Å². The first-order chi connectivity index (χ1) is 10.3. The first-order valence-electron chi connectivity index (χ1n) is 8.19. The highest BCUT2D eigenvalue weighted by Gasteiger charge is 2.15. The molecule has 0 bridgehead atoms. The molecule has 0 saturated heterocycles. The van der Waals surface area contributed by atoms with Crippen molar-refractivity contribution in [2.75, 3.05) is 19.7 Å². The van der Waals surface area contributed by atoms with Crippen LogP contribution < -0.4 is 10.6 Å². The summed E-state index contributed by atoms with van der Waals surface area (Å²) >= 11 is 0. The predicted octanol–water partition coefficient (Wildman–Crippen LogP) is 2.35. The monoisotopic (exact) mass is 316 g/mol. The van der Waals surface area contributed by atoms with Gasteiger partial charge >= 0.3 is 6.09 Å². The molecule has 0 rings (SSSR count). The van der Waals surface area contributed by atoms with E-state index < -0.39 is 11.7 Å². The van der Waals surface area contributed by atoms with E-state index in [2.05, 4.69) is 10.6 Å². The minimum Gasteiger partial charge on any atom is -0.444 e. The Balaban J connectivity index is 3.38. The molecule has 0 heterocycles. The summed E-state index contributed by atoms with van der Waals surface area (Å²) in [5.41, 5.74) is -0.473. The second kappa shape index (κ2) is 12.3. The van der Waals surface area contributed by atoms with Gasteiger partial charge in [0.15, 0.2) is 0 Å². The molecular formula is C16H32N2O4. The number of alkyl carbamates (subject to hydrolysis) is 1. The number of ether oxygens (including phenoxy) is 1. The van der Waals surface area contributed by atoms with E-state index in [1.807, 2.05) is 20.8 Å². The number of hydrogen-bond acceptors (Lipinski definition) is 4.